The zero-order chi connectivity index (χ0) is 14.9. The molecule has 112 valence electrons. The smallest absolute Gasteiger partial charge is 0.252 e. The number of amides is 3. The number of nitrogens with one attached hydrogen (secondary N) is 1. The lowest BCUT2D eigenvalue weighted by Crippen LogP contribution is -2.58. The first-order chi connectivity index (χ1) is 9.35. The normalized spacial score (nSPS) is 26.2. The van der Waals surface area contributed by atoms with Crippen molar-refractivity contribution in [2.24, 2.45) is 5.73 Å². The molecular formula is C14H23N3O3. The minimum atomic E-state index is -0.882. The van der Waals surface area contributed by atoms with Crippen LogP contribution in [0.1, 0.15) is 52.4 Å². The molecule has 0 spiro atoms. The van der Waals surface area contributed by atoms with Gasteiger partial charge in [0.25, 0.3) is 5.91 Å². The van der Waals surface area contributed by atoms with Gasteiger partial charge in [0, 0.05) is 6.04 Å². The van der Waals surface area contributed by atoms with Gasteiger partial charge in [-0.05, 0) is 26.7 Å². The molecule has 0 bridgehead atoms. The first-order valence-electron chi connectivity index (χ1n) is 7.31. The van der Waals surface area contributed by atoms with Crippen molar-refractivity contribution in [3.8, 4) is 0 Å². The highest BCUT2D eigenvalue weighted by molar-refractivity contribution is 6.07. The molecule has 1 saturated carbocycles. The lowest BCUT2D eigenvalue weighted by Gasteiger charge is -2.32. The van der Waals surface area contributed by atoms with E-state index in [1.165, 1.54) is 4.90 Å². The highest BCUT2D eigenvalue weighted by Crippen LogP contribution is 2.26. The van der Waals surface area contributed by atoms with E-state index in [-0.39, 0.29) is 30.2 Å². The molecule has 2 aliphatic rings. The summed E-state index contributed by atoms with van der Waals surface area (Å²) in [5, 5.41) is 2.68. The molecule has 1 unspecified atom stereocenters. The third-order valence-corrected chi connectivity index (χ3v) is 4.20. The predicted octanol–water partition coefficient (Wildman–Crippen LogP) is 0.300. The molecular weight excluding hydrogens is 258 g/mol. The van der Waals surface area contributed by atoms with Crippen LogP contribution < -0.4 is 11.1 Å². The first kappa shape index (κ1) is 15.0. The summed E-state index contributed by atoms with van der Waals surface area (Å²) in [4.78, 5) is 37.4. The molecule has 1 aliphatic carbocycles. The largest absolute Gasteiger partial charge is 0.342 e. The van der Waals surface area contributed by atoms with Crippen molar-refractivity contribution in [1.29, 1.82) is 0 Å². The van der Waals surface area contributed by atoms with Gasteiger partial charge in [-0.15, -0.1) is 0 Å². The van der Waals surface area contributed by atoms with E-state index in [0.717, 1.165) is 19.3 Å². The highest BCUT2D eigenvalue weighted by atomic mass is 16.2. The van der Waals surface area contributed by atoms with Gasteiger partial charge in [0.05, 0.1) is 12.0 Å². The molecule has 0 aromatic heterocycles. The summed E-state index contributed by atoms with van der Waals surface area (Å²) in [7, 11) is 0. The molecule has 3 N–H and O–H groups in total. The van der Waals surface area contributed by atoms with Gasteiger partial charge in [0.1, 0.15) is 6.04 Å². The van der Waals surface area contributed by atoms with E-state index in [1.54, 1.807) is 13.8 Å². The topological polar surface area (TPSA) is 92.5 Å². The summed E-state index contributed by atoms with van der Waals surface area (Å²) in [6.45, 7) is 3.57. The number of imide groups is 1. The van der Waals surface area contributed by atoms with Crippen LogP contribution in [0.15, 0.2) is 0 Å². The van der Waals surface area contributed by atoms with E-state index in [2.05, 4.69) is 5.32 Å². The summed E-state index contributed by atoms with van der Waals surface area (Å²) >= 11 is 0. The Morgan fingerprint density at radius 2 is 1.90 bits per heavy atom. The highest BCUT2D eigenvalue weighted by Gasteiger charge is 2.43. The van der Waals surface area contributed by atoms with Crippen molar-refractivity contribution < 1.29 is 14.4 Å². The van der Waals surface area contributed by atoms with Crippen LogP contribution in [0.4, 0.5) is 0 Å². The van der Waals surface area contributed by atoms with Crippen molar-refractivity contribution in [2.75, 3.05) is 0 Å². The Kier molecular flexibility index (Phi) is 4.13. The molecule has 1 atom stereocenters. The molecule has 1 aliphatic heterocycles. The molecule has 0 aromatic carbocycles. The molecule has 2 fully saturated rings. The summed E-state index contributed by atoms with van der Waals surface area (Å²) in [6.07, 6.45) is 4.27. The van der Waals surface area contributed by atoms with Gasteiger partial charge in [0.15, 0.2) is 0 Å². The van der Waals surface area contributed by atoms with Crippen molar-refractivity contribution >= 4 is 17.7 Å². The SMILES string of the molecule is CC(C)N1C(=O)CC(NC(=O)C2(N)CCCCC2)C1=O. The second-order valence-corrected chi connectivity index (χ2v) is 6.14. The van der Waals surface area contributed by atoms with E-state index < -0.39 is 11.6 Å². The molecule has 2 rings (SSSR count). The molecule has 3 amide bonds. The predicted molar refractivity (Wildman–Crippen MR) is 73.5 cm³/mol. The number of hydrogen-bond acceptors (Lipinski definition) is 4. The number of carbonyl (C=O) groups is 3. The minimum absolute atomic E-state index is 0.0405. The Bertz CT molecular complexity index is 427. The van der Waals surface area contributed by atoms with Crippen LogP contribution in [-0.2, 0) is 14.4 Å². The van der Waals surface area contributed by atoms with Crippen molar-refractivity contribution in [3.63, 3.8) is 0 Å². The molecule has 6 nitrogen and oxygen atoms in total. The van der Waals surface area contributed by atoms with Crippen LogP contribution in [0, 0.1) is 0 Å². The average molecular weight is 281 g/mol. The Morgan fingerprint density at radius 3 is 2.40 bits per heavy atom. The van der Waals surface area contributed by atoms with E-state index >= 15 is 0 Å². The summed E-state index contributed by atoms with van der Waals surface area (Å²) < 4.78 is 0. The fraction of sp³-hybridized carbons (Fsp3) is 0.786. The van der Waals surface area contributed by atoms with Crippen LogP contribution in [0.25, 0.3) is 0 Å². The average Bonchev–Trinajstić information content (AvgIpc) is 2.65. The monoisotopic (exact) mass is 281 g/mol. The van der Waals surface area contributed by atoms with Crippen LogP contribution in [0.5, 0.6) is 0 Å². The summed E-state index contributed by atoms with van der Waals surface area (Å²) in [6, 6.07) is -0.932. The van der Waals surface area contributed by atoms with Gasteiger partial charge in [-0.1, -0.05) is 19.3 Å². The van der Waals surface area contributed by atoms with Gasteiger partial charge >= 0.3 is 0 Å². The Morgan fingerprint density at radius 1 is 1.30 bits per heavy atom. The number of carbonyl (C=O) groups excluding carboxylic acids is 3. The maximum absolute atomic E-state index is 12.3. The van der Waals surface area contributed by atoms with E-state index in [9.17, 15) is 14.4 Å². The number of rotatable bonds is 3. The molecule has 0 radical (unpaired) electrons. The van der Waals surface area contributed by atoms with E-state index in [0.29, 0.717) is 12.8 Å². The molecule has 20 heavy (non-hydrogen) atoms. The Hall–Kier alpha value is -1.43. The van der Waals surface area contributed by atoms with Crippen molar-refractivity contribution in [3.05, 3.63) is 0 Å². The minimum Gasteiger partial charge on any atom is -0.342 e. The number of hydrogen-bond donors (Lipinski definition) is 2. The summed E-state index contributed by atoms with van der Waals surface area (Å²) in [5.41, 5.74) is 5.25. The maximum Gasteiger partial charge on any atom is 0.252 e. The second-order valence-electron chi connectivity index (χ2n) is 6.14. The van der Waals surface area contributed by atoms with Crippen LogP contribution in [0.3, 0.4) is 0 Å². The fourth-order valence-corrected chi connectivity index (χ4v) is 3.02. The Balaban J connectivity index is 2.02. The third-order valence-electron chi connectivity index (χ3n) is 4.20. The van der Waals surface area contributed by atoms with Gasteiger partial charge in [-0.25, -0.2) is 0 Å². The fourth-order valence-electron chi connectivity index (χ4n) is 3.02. The van der Waals surface area contributed by atoms with Gasteiger partial charge in [-0.2, -0.15) is 0 Å². The van der Waals surface area contributed by atoms with Crippen molar-refractivity contribution in [1.82, 2.24) is 10.2 Å². The van der Waals surface area contributed by atoms with Crippen LogP contribution >= 0.6 is 0 Å². The number of nitrogens with two attached hydrogens (primary N) is 1. The molecule has 0 aromatic rings. The van der Waals surface area contributed by atoms with Gasteiger partial charge in [0.2, 0.25) is 11.8 Å². The van der Waals surface area contributed by atoms with Crippen molar-refractivity contribution in [2.45, 2.75) is 70.0 Å². The maximum atomic E-state index is 12.3. The third kappa shape index (κ3) is 2.70. The summed E-state index contributed by atoms with van der Waals surface area (Å²) in [5.74, 6) is -0.850. The molecule has 1 saturated heterocycles. The quantitative estimate of drug-likeness (QED) is 0.728. The molecule has 6 heteroatoms. The first-order valence-corrected chi connectivity index (χ1v) is 7.31. The zero-order valence-electron chi connectivity index (χ0n) is 12.1. The lowest BCUT2D eigenvalue weighted by molar-refractivity contribution is -0.142. The van der Waals surface area contributed by atoms with Gasteiger partial charge < -0.3 is 11.1 Å². The molecule has 1 heterocycles. The van der Waals surface area contributed by atoms with Gasteiger partial charge in [-0.3, -0.25) is 19.3 Å². The Labute approximate surface area is 119 Å². The van der Waals surface area contributed by atoms with E-state index in [4.69, 9.17) is 5.73 Å². The van der Waals surface area contributed by atoms with E-state index in [1.807, 2.05) is 0 Å². The van der Waals surface area contributed by atoms with Crippen LogP contribution in [0.2, 0.25) is 0 Å². The zero-order valence-corrected chi connectivity index (χ0v) is 12.1. The number of nitrogens with zero attached hydrogens (tertiary/aromatic N) is 1. The standard InChI is InChI=1S/C14H23N3O3/c1-9(2)17-11(18)8-10(12(17)19)16-13(20)14(15)6-4-3-5-7-14/h9-10H,3-8,15H2,1-2H3,(H,16,20). The van der Waals surface area contributed by atoms with Crippen LogP contribution in [-0.4, -0.2) is 40.2 Å². The second kappa shape index (κ2) is 5.52. The number of likely N-dealkylation sites (tertiary alicyclic amines) is 1. The lowest BCUT2D eigenvalue weighted by atomic mass is 9.81.